The van der Waals surface area contributed by atoms with Crippen LogP contribution in [0.5, 0.6) is 0 Å². The number of amides is 1. The summed E-state index contributed by atoms with van der Waals surface area (Å²) in [5.74, 6) is -4.71. The third kappa shape index (κ3) is 4.43. The van der Waals surface area contributed by atoms with Crippen LogP contribution in [0.4, 0.5) is 8.78 Å². The summed E-state index contributed by atoms with van der Waals surface area (Å²) >= 11 is 0. The molecule has 1 atom stereocenters. The summed E-state index contributed by atoms with van der Waals surface area (Å²) in [4.78, 5) is 11.4. The zero-order chi connectivity index (χ0) is 14.2. The number of carbonyl (C=O) groups is 1. The van der Waals surface area contributed by atoms with Gasteiger partial charge in [0, 0.05) is 11.6 Å². The van der Waals surface area contributed by atoms with Crippen LogP contribution >= 0.6 is 0 Å². The van der Waals surface area contributed by atoms with Gasteiger partial charge in [0.2, 0.25) is 0 Å². The fourth-order valence-electron chi connectivity index (χ4n) is 1.20. The molecular weight excluding hydrogens is 236 g/mol. The molecular formula is C14H21F2NO. The van der Waals surface area contributed by atoms with Gasteiger partial charge in [0.1, 0.15) is 0 Å². The van der Waals surface area contributed by atoms with Crippen molar-refractivity contribution in [3.8, 4) is 0 Å². The van der Waals surface area contributed by atoms with E-state index in [0.717, 1.165) is 0 Å². The van der Waals surface area contributed by atoms with E-state index in [9.17, 15) is 13.6 Å². The molecule has 0 spiro atoms. The Kier molecular flexibility index (Phi) is 7.17. The van der Waals surface area contributed by atoms with Crippen molar-refractivity contribution in [2.45, 2.75) is 46.1 Å². The Morgan fingerprint density at radius 1 is 1.28 bits per heavy atom. The van der Waals surface area contributed by atoms with Gasteiger partial charge in [0.15, 0.2) is 0 Å². The van der Waals surface area contributed by atoms with Gasteiger partial charge in [-0.2, -0.15) is 8.78 Å². The van der Waals surface area contributed by atoms with E-state index in [1.54, 1.807) is 13.0 Å². The third-order valence-electron chi connectivity index (χ3n) is 2.41. The molecule has 1 N–H and O–H groups in total. The summed E-state index contributed by atoms with van der Waals surface area (Å²) in [5, 5.41) is 2.28. The topological polar surface area (TPSA) is 29.1 Å². The molecule has 0 aliphatic heterocycles. The molecule has 102 valence electrons. The van der Waals surface area contributed by atoms with Crippen LogP contribution in [0.15, 0.2) is 30.3 Å². The molecule has 2 nitrogen and oxygen atoms in total. The van der Waals surface area contributed by atoms with Crippen molar-refractivity contribution in [2.75, 3.05) is 0 Å². The summed E-state index contributed by atoms with van der Waals surface area (Å²) < 4.78 is 27.3. The van der Waals surface area contributed by atoms with Gasteiger partial charge in [-0.15, -0.1) is 0 Å². The molecule has 0 aliphatic rings. The molecule has 0 heterocycles. The number of rotatable bonds is 4. The van der Waals surface area contributed by atoms with Crippen LogP contribution in [-0.2, 0) is 10.7 Å². The van der Waals surface area contributed by atoms with Crippen molar-refractivity contribution in [3.05, 3.63) is 35.9 Å². The Labute approximate surface area is 107 Å². The van der Waals surface area contributed by atoms with E-state index in [4.69, 9.17) is 0 Å². The van der Waals surface area contributed by atoms with Gasteiger partial charge in [-0.3, -0.25) is 4.79 Å². The zero-order valence-corrected chi connectivity index (χ0v) is 11.3. The second kappa shape index (κ2) is 7.80. The van der Waals surface area contributed by atoms with E-state index in [1.807, 2.05) is 20.8 Å². The Bertz CT molecular complexity index is 352. The highest BCUT2D eigenvalue weighted by Gasteiger charge is 2.40. The highest BCUT2D eigenvalue weighted by atomic mass is 19.3. The molecule has 1 rings (SSSR count). The molecule has 0 saturated heterocycles. The van der Waals surface area contributed by atoms with Gasteiger partial charge < -0.3 is 5.32 Å². The second-order valence-electron chi connectivity index (χ2n) is 3.72. The van der Waals surface area contributed by atoms with Crippen molar-refractivity contribution in [1.29, 1.82) is 0 Å². The number of carbonyl (C=O) groups excluding carboxylic acids is 1. The van der Waals surface area contributed by atoms with Crippen LogP contribution in [0.2, 0.25) is 0 Å². The number of nitrogens with one attached hydrogen (secondary N) is 1. The summed E-state index contributed by atoms with van der Waals surface area (Å²) in [6, 6.07) is 6.85. The number of hydrogen-bond donors (Lipinski definition) is 1. The molecule has 0 aliphatic carbocycles. The van der Waals surface area contributed by atoms with Crippen LogP contribution < -0.4 is 5.32 Å². The van der Waals surface area contributed by atoms with Crippen LogP contribution in [-0.4, -0.2) is 11.9 Å². The van der Waals surface area contributed by atoms with Crippen LogP contribution in [0.1, 0.15) is 39.7 Å². The van der Waals surface area contributed by atoms with Gasteiger partial charge in [-0.25, -0.2) is 0 Å². The molecule has 0 saturated carbocycles. The average Bonchev–Trinajstić information content (AvgIpc) is 2.41. The predicted octanol–water partition coefficient (Wildman–Crippen LogP) is 3.72. The smallest absolute Gasteiger partial charge is 0.348 e. The van der Waals surface area contributed by atoms with E-state index in [-0.39, 0.29) is 11.6 Å². The van der Waals surface area contributed by atoms with Gasteiger partial charge in [-0.1, -0.05) is 51.1 Å². The number of benzene rings is 1. The number of alkyl halides is 2. The molecule has 0 radical (unpaired) electrons. The third-order valence-corrected chi connectivity index (χ3v) is 2.41. The number of halogens is 2. The molecule has 0 aromatic heterocycles. The highest BCUT2D eigenvalue weighted by molar-refractivity contribution is 5.84. The van der Waals surface area contributed by atoms with E-state index in [2.05, 4.69) is 5.32 Å². The molecule has 4 heteroatoms. The normalized spacial score (nSPS) is 12.1. The van der Waals surface area contributed by atoms with Crippen molar-refractivity contribution < 1.29 is 13.6 Å². The molecule has 1 unspecified atom stereocenters. The molecule has 0 fully saturated rings. The quantitative estimate of drug-likeness (QED) is 0.875. The van der Waals surface area contributed by atoms with Crippen LogP contribution in [0.3, 0.4) is 0 Å². The van der Waals surface area contributed by atoms with E-state index < -0.39 is 11.8 Å². The van der Waals surface area contributed by atoms with Crippen molar-refractivity contribution >= 4 is 5.91 Å². The lowest BCUT2D eigenvalue weighted by atomic mass is 10.1. The maximum atomic E-state index is 13.6. The summed E-state index contributed by atoms with van der Waals surface area (Å²) in [6.07, 6.45) is 0.622. The lowest BCUT2D eigenvalue weighted by Crippen LogP contribution is -2.42. The Balaban J connectivity index is 0.00000137. The predicted molar refractivity (Wildman–Crippen MR) is 69.6 cm³/mol. The maximum absolute atomic E-state index is 13.6. The van der Waals surface area contributed by atoms with E-state index in [1.165, 1.54) is 24.3 Å². The Morgan fingerprint density at radius 2 is 1.78 bits per heavy atom. The lowest BCUT2D eigenvalue weighted by molar-refractivity contribution is -0.147. The van der Waals surface area contributed by atoms with Gasteiger partial charge in [0.05, 0.1) is 0 Å². The number of hydrogen-bond acceptors (Lipinski definition) is 1. The van der Waals surface area contributed by atoms with Crippen molar-refractivity contribution in [2.24, 2.45) is 0 Å². The summed E-state index contributed by atoms with van der Waals surface area (Å²) in [6.45, 7) is 7.52. The van der Waals surface area contributed by atoms with Gasteiger partial charge in [-0.05, 0) is 13.3 Å². The fourth-order valence-corrected chi connectivity index (χ4v) is 1.20. The van der Waals surface area contributed by atoms with Gasteiger partial charge >= 0.3 is 5.92 Å². The second-order valence-corrected chi connectivity index (χ2v) is 3.72. The minimum absolute atomic E-state index is 0.248. The first-order valence-corrected chi connectivity index (χ1v) is 6.22. The van der Waals surface area contributed by atoms with Crippen molar-refractivity contribution in [3.63, 3.8) is 0 Å². The molecule has 18 heavy (non-hydrogen) atoms. The minimum Gasteiger partial charge on any atom is -0.348 e. The van der Waals surface area contributed by atoms with Crippen molar-refractivity contribution in [1.82, 2.24) is 5.32 Å². The monoisotopic (exact) mass is 257 g/mol. The van der Waals surface area contributed by atoms with Gasteiger partial charge in [0.25, 0.3) is 5.91 Å². The van der Waals surface area contributed by atoms with Crippen LogP contribution in [0.25, 0.3) is 0 Å². The van der Waals surface area contributed by atoms with Crippen LogP contribution in [0, 0.1) is 0 Å². The first-order valence-electron chi connectivity index (χ1n) is 6.22. The van der Waals surface area contributed by atoms with E-state index in [0.29, 0.717) is 6.42 Å². The minimum atomic E-state index is -3.47. The molecule has 1 amide bonds. The first kappa shape index (κ1) is 16.6. The maximum Gasteiger partial charge on any atom is 0.349 e. The first-order chi connectivity index (χ1) is 8.48. The lowest BCUT2D eigenvalue weighted by Gasteiger charge is -2.19. The summed E-state index contributed by atoms with van der Waals surface area (Å²) in [7, 11) is 0. The standard InChI is InChI=1S/C12H15F2NO.C2H6/c1-3-9(2)15-11(16)12(13,14)10-7-5-4-6-8-10;1-2/h4-9H,3H2,1-2H3,(H,15,16);1-2H3. The molecule has 1 aromatic carbocycles. The molecule has 0 bridgehead atoms. The summed E-state index contributed by atoms with van der Waals surface area (Å²) in [5.41, 5.74) is -0.282. The highest BCUT2D eigenvalue weighted by Crippen LogP contribution is 2.27. The Hall–Kier alpha value is -1.45. The van der Waals surface area contributed by atoms with E-state index >= 15 is 0 Å². The molecule has 1 aromatic rings. The fraction of sp³-hybridized carbons (Fsp3) is 0.500. The largest absolute Gasteiger partial charge is 0.349 e. The zero-order valence-electron chi connectivity index (χ0n) is 11.3. The average molecular weight is 257 g/mol. The Morgan fingerprint density at radius 3 is 2.22 bits per heavy atom. The SMILES string of the molecule is CC.CCC(C)NC(=O)C(F)(F)c1ccccc1.